The molecule has 8 nitrogen and oxygen atoms in total. The Morgan fingerprint density at radius 3 is 2.30 bits per heavy atom. The van der Waals surface area contributed by atoms with Crippen molar-refractivity contribution in [3.8, 4) is 0 Å². The molecule has 0 unspecified atom stereocenters. The predicted molar refractivity (Wildman–Crippen MR) is 108 cm³/mol. The van der Waals surface area contributed by atoms with Crippen LogP contribution >= 0.6 is 0 Å². The smallest absolute Gasteiger partial charge is 0.323 e. The monoisotopic (exact) mass is 435 g/mol. The van der Waals surface area contributed by atoms with E-state index in [4.69, 9.17) is 5.11 Å². The second-order valence-electron chi connectivity index (χ2n) is 6.95. The highest BCUT2D eigenvalue weighted by molar-refractivity contribution is 7.89. The zero-order chi connectivity index (χ0) is 21.9. The first-order valence-electron chi connectivity index (χ1n) is 9.26. The summed E-state index contributed by atoms with van der Waals surface area (Å²) in [7, 11) is -2.48. The molecule has 0 radical (unpaired) electrons. The number of piperazine rings is 1. The van der Waals surface area contributed by atoms with Crippen LogP contribution in [-0.2, 0) is 14.8 Å². The summed E-state index contributed by atoms with van der Waals surface area (Å²) < 4.78 is 40.5. The van der Waals surface area contributed by atoms with Gasteiger partial charge in [0.25, 0.3) is 5.91 Å². The summed E-state index contributed by atoms with van der Waals surface area (Å²) in [5, 5.41) is 8.83. The molecule has 1 aliphatic heterocycles. The lowest BCUT2D eigenvalue weighted by molar-refractivity contribution is -0.137. The fourth-order valence-corrected chi connectivity index (χ4v) is 4.74. The number of sulfonamides is 1. The van der Waals surface area contributed by atoms with Gasteiger partial charge in [0.05, 0.1) is 4.90 Å². The molecular weight excluding hydrogens is 413 g/mol. The van der Waals surface area contributed by atoms with Crippen LogP contribution in [0.25, 0.3) is 0 Å². The van der Waals surface area contributed by atoms with Crippen LogP contribution < -0.4 is 4.90 Å². The van der Waals surface area contributed by atoms with E-state index in [0.717, 1.165) is 10.6 Å². The van der Waals surface area contributed by atoms with E-state index in [2.05, 4.69) is 0 Å². The van der Waals surface area contributed by atoms with Gasteiger partial charge in [0.1, 0.15) is 12.4 Å². The SMILES string of the molecule is CN(CC(=O)O)C(=O)c1cccc(S(=O)(=O)N2CCN(c3ccc(F)cc3)CC2)c1. The molecule has 0 aromatic heterocycles. The quantitative estimate of drug-likeness (QED) is 0.738. The Bertz CT molecular complexity index is 1030. The number of rotatable bonds is 6. The Morgan fingerprint density at radius 1 is 1.07 bits per heavy atom. The largest absolute Gasteiger partial charge is 0.480 e. The molecule has 10 heteroatoms. The molecule has 0 atom stereocenters. The molecule has 0 bridgehead atoms. The number of nitrogens with zero attached hydrogens (tertiary/aromatic N) is 3. The molecule has 0 spiro atoms. The number of carboxylic acids is 1. The van der Waals surface area contributed by atoms with Gasteiger partial charge in [-0.1, -0.05) is 6.07 Å². The van der Waals surface area contributed by atoms with Gasteiger partial charge >= 0.3 is 5.97 Å². The molecule has 1 heterocycles. The third-order valence-electron chi connectivity index (χ3n) is 4.87. The van der Waals surface area contributed by atoms with Crippen LogP contribution in [0.4, 0.5) is 10.1 Å². The van der Waals surface area contributed by atoms with Crippen LogP contribution in [0.15, 0.2) is 53.4 Å². The zero-order valence-corrected chi connectivity index (χ0v) is 17.2. The minimum Gasteiger partial charge on any atom is -0.480 e. The van der Waals surface area contributed by atoms with Gasteiger partial charge in [0.2, 0.25) is 10.0 Å². The predicted octanol–water partition coefficient (Wildman–Crippen LogP) is 1.49. The van der Waals surface area contributed by atoms with E-state index >= 15 is 0 Å². The molecule has 0 aliphatic carbocycles. The van der Waals surface area contributed by atoms with Crippen molar-refractivity contribution < 1.29 is 27.5 Å². The molecule has 2 aromatic carbocycles. The molecule has 30 heavy (non-hydrogen) atoms. The number of amides is 1. The van der Waals surface area contributed by atoms with Gasteiger partial charge in [0, 0.05) is 44.5 Å². The van der Waals surface area contributed by atoms with Crippen molar-refractivity contribution in [2.45, 2.75) is 4.90 Å². The van der Waals surface area contributed by atoms with E-state index < -0.39 is 28.4 Å². The summed E-state index contributed by atoms with van der Waals surface area (Å²) in [5.41, 5.74) is 0.923. The number of aliphatic carboxylic acids is 1. The van der Waals surface area contributed by atoms with Crippen LogP contribution in [0.5, 0.6) is 0 Å². The highest BCUT2D eigenvalue weighted by Gasteiger charge is 2.29. The van der Waals surface area contributed by atoms with E-state index in [1.165, 1.54) is 47.8 Å². The average Bonchev–Trinajstić information content (AvgIpc) is 2.73. The van der Waals surface area contributed by atoms with Crippen molar-refractivity contribution in [3.63, 3.8) is 0 Å². The van der Waals surface area contributed by atoms with E-state index in [0.29, 0.717) is 13.1 Å². The summed E-state index contributed by atoms with van der Waals surface area (Å²) in [4.78, 5) is 26.2. The Labute approximate surface area is 174 Å². The Balaban J connectivity index is 1.72. The van der Waals surface area contributed by atoms with Gasteiger partial charge in [-0.3, -0.25) is 9.59 Å². The molecule has 1 amide bonds. The normalized spacial score (nSPS) is 15.1. The van der Waals surface area contributed by atoms with Crippen molar-refractivity contribution >= 4 is 27.6 Å². The summed E-state index contributed by atoms with van der Waals surface area (Å²) in [6, 6.07) is 11.6. The first kappa shape index (κ1) is 21.7. The van der Waals surface area contributed by atoms with Gasteiger partial charge in [-0.05, 0) is 42.5 Å². The van der Waals surface area contributed by atoms with Crippen LogP contribution in [-0.4, -0.2) is 74.4 Å². The summed E-state index contributed by atoms with van der Waals surface area (Å²) in [5.74, 6) is -2.06. The van der Waals surface area contributed by atoms with Gasteiger partial charge in [-0.25, -0.2) is 12.8 Å². The fraction of sp³-hybridized carbons (Fsp3) is 0.300. The highest BCUT2D eigenvalue weighted by Crippen LogP contribution is 2.22. The van der Waals surface area contributed by atoms with Crippen molar-refractivity contribution in [1.29, 1.82) is 0 Å². The van der Waals surface area contributed by atoms with Crippen molar-refractivity contribution in [3.05, 3.63) is 59.9 Å². The van der Waals surface area contributed by atoms with Gasteiger partial charge < -0.3 is 14.9 Å². The standard InChI is InChI=1S/C20H22FN3O5S/c1-22(14-19(25)26)20(27)15-3-2-4-18(13-15)30(28,29)24-11-9-23(10-12-24)17-7-5-16(21)6-8-17/h2-8,13H,9-12,14H2,1H3,(H,25,26). The second kappa shape index (κ2) is 8.80. The van der Waals surface area contributed by atoms with Gasteiger partial charge in [-0.2, -0.15) is 4.31 Å². The molecule has 1 aliphatic rings. The number of benzene rings is 2. The average molecular weight is 435 g/mol. The van der Waals surface area contributed by atoms with Gasteiger partial charge in [-0.15, -0.1) is 0 Å². The maximum Gasteiger partial charge on any atom is 0.323 e. The third-order valence-corrected chi connectivity index (χ3v) is 6.76. The first-order chi connectivity index (χ1) is 14.2. The number of carboxylic acid groups (broad SMARTS) is 1. The summed E-state index contributed by atoms with van der Waals surface area (Å²) in [6.07, 6.45) is 0. The minimum atomic E-state index is -3.82. The fourth-order valence-electron chi connectivity index (χ4n) is 3.27. The zero-order valence-electron chi connectivity index (χ0n) is 16.4. The Hall–Kier alpha value is -2.98. The molecular formula is C20H22FN3O5S. The van der Waals surface area contributed by atoms with Crippen LogP contribution in [0.2, 0.25) is 0 Å². The summed E-state index contributed by atoms with van der Waals surface area (Å²) >= 11 is 0. The maximum atomic E-state index is 13.1. The van der Waals surface area contributed by atoms with Crippen LogP contribution in [0.1, 0.15) is 10.4 Å². The number of hydrogen-bond donors (Lipinski definition) is 1. The number of hydrogen-bond acceptors (Lipinski definition) is 5. The number of anilines is 1. The number of likely N-dealkylation sites (N-methyl/N-ethyl adjacent to an activating group) is 1. The molecule has 3 rings (SSSR count). The van der Waals surface area contributed by atoms with Crippen molar-refractivity contribution in [1.82, 2.24) is 9.21 Å². The maximum absolute atomic E-state index is 13.1. The highest BCUT2D eigenvalue weighted by atomic mass is 32.2. The third kappa shape index (κ3) is 4.77. The first-order valence-corrected chi connectivity index (χ1v) is 10.7. The molecule has 0 saturated carbocycles. The summed E-state index contributed by atoms with van der Waals surface area (Å²) in [6.45, 7) is 0.907. The van der Waals surface area contributed by atoms with Crippen molar-refractivity contribution in [2.24, 2.45) is 0 Å². The van der Waals surface area contributed by atoms with Crippen molar-refractivity contribution in [2.75, 3.05) is 44.7 Å². The van der Waals surface area contributed by atoms with E-state index in [-0.39, 0.29) is 29.4 Å². The van der Waals surface area contributed by atoms with Crippen LogP contribution in [0, 0.1) is 5.82 Å². The number of carbonyl (C=O) groups is 2. The lowest BCUT2D eigenvalue weighted by atomic mass is 10.2. The lowest BCUT2D eigenvalue weighted by Gasteiger charge is -2.35. The number of halogens is 1. The van der Waals surface area contributed by atoms with Gasteiger partial charge in [0.15, 0.2) is 0 Å². The van der Waals surface area contributed by atoms with E-state index in [1.54, 1.807) is 12.1 Å². The molecule has 1 saturated heterocycles. The minimum absolute atomic E-state index is 0.0210. The Morgan fingerprint density at radius 2 is 1.70 bits per heavy atom. The van der Waals surface area contributed by atoms with E-state index in [9.17, 15) is 22.4 Å². The molecule has 1 fully saturated rings. The topological polar surface area (TPSA) is 98.2 Å². The number of carbonyl (C=O) groups excluding carboxylic acids is 1. The molecule has 160 valence electrons. The lowest BCUT2D eigenvalue weighted by Crippen LogP contribution is -2.48. The Kier molecular flexibility index (Phi) is 6.37. The van der Waals surface area contributed by atoms with E-state index in [1.807, 2.05) is 4.90 Å². The van der Waals surface area contributed by atoms with Crippen LogP contribution in [0.3, 0.4) is 0 Å². The molecule has 1 N–H and O–H groups in total. The molecule has 2 aromatic rings. The second-order valence-corrected chi connectivity index (χ2v) is 8.89.